The van der Waals surface area contributed by atoms with E-state index in [9.17, 15) is 4.39 Å². The van der Waals surface area contributed by atoms with Gasteiger partial charge in [0.25, 0.3) is 0 Å². The Bertz CT molecular complexity index is 486. The van der Waals surface area contributed by atoms with E-state index in [1.54, 1.807) is 12.1 Å². The van der Waals surface area contributed by atoms with E-state index in [1.807, 2.05) is 7.05 Å². The van der Waals surface area contributed by atoms with Crippen molar-refractivity contribution in [1.29, 1.82) is 0 Å². The van der Waals surface area contributed by atoms with Crippen LogP contribution in [0.1, 0.15) is 37.3 Å². The molecule has 3 heteroatoms. The summed E-state index contributed by atoms with van der Waals surface area (Å²) in [5, 5.41) is 3.29. The number of hydrogen-bond acceptors (Lipinski definition) is 2. The predicted octanol–water partition coefficient (Wildman–Crippen LogP) is 3.59. The van der Waals surface area contributed by atoms with Gasteiger partial charge in [-0.1, -0.05) is 12.2 Å². The summed E-state index contributed by atoms with van der Waals surface area (Å²) in [6.07, 6.45) is 9.09. The largest absolute Gasteiger partial charge is 0.490 e. The van der Waals surface area contributed by atoms with E-state index in [1.165, 1.54) is 12.5 Å². The van der Waals surface area contributed by atoms with Gasteiger partial charge in [-0.25, -0.2) is 4.39 Å². The van der Waals surface area contributed by atoms with Gasteiger partial charge >= 0.3 is 0 Å². The smallest absolute Gasteiger partial charge is 0.124 e. The Balaban J connectivity index is 1.85. The quantitative estimate of drug-likeness (QED) is 0.821. The maximum atomic E-state index is 13.4. The summed E-state index contributed by atoms with van der Waals surface area (Å²) in [6, 6.07) is 5.03. The number of halogens is 1. The van der Waals surface area contributed by atoms with E-state index in [0.717, 1.165) is 30.6 Å². The molecule has 2 nitrogen and oxygen atoms in total. The van der Waals surface area contributed by atoms with Gasteiger partial charge < -0.3 is 10.1 Å². The molecule has 3 rings (SSSR count). The highest BCUT2D eigenvalue weighted by molar-refractivity contribution is 5.38. The first-order valence-electron chi connectivity index (χ1n) is 7.06. The fourth-order valence-corrected chi connectivity index (χ4v) is 3.19. The standard InChI is InChI=1S/C16H20FNO/c1-18-14-10-16(11-5-3-2-4-6-11)19-15-8-7-12(17)9-13(14)15/h2-3,7-9,11,14,16,18H,4-6,10H2,1H3. The van der Waals surface area contributed by atoms with E-state index in [2.05, 4.69) is 17.5 Å². The Labute approximate surface area is 113 Å². The average molecular weight is 261 g/mol. The molecule has 1 heterocycles. The van der Waals surface area contributed by atoms with Crippen molar-refractivity contribution in [2.75, 3.05) is 7.05 Å². The molecule has 3 unspecified atom stereocenters. The normalized spacial score (nSPS) is 29.7. The number of hydrogen-bond donors (Lipinski definition) is 1. The Kier molecular flexibility index (Phi) is 3.56. The van der Waals surface area contributed by atoms with E-state index in [4.69, 9.17) is 4.74 Å². The highest BCUT2D eigenvalue weighted by Crippen LogP contribution is 2.39. The molecule has 19 heavy (non-hydrogen) atoms. The van der Waals surface area contributed by atoms with Crippen molar-refractivity contribution in [2.24, 2.45) is 5.92 Å². The topological polar surface area (TPSA) is 21.3 Å². The first-order chi connectivity index (χ1) is 9.28. The number of nitrogens with one attached hydrogen (secondary N) is 1. The van der Waals surface area contributed by atoms with Crippen LogP contribution in [-0.2, 0) is 0 Å². The molecule has 2 aliphatic rings. The summed E-state index contributed by atoms with van der Waals surface area (Å²) >= 11 is 0. The fourth-order valence-electron chi connectivity index (χ4n) is 3.19. The van der Waals surface area contributed by atoms with Crippen molar-refractivity contribution in [3.05, 3.63) is 41.7 Å². The summed E-state index contributed by atoms with van der Waals surface area (Å²) in [7, 11) is 1.93. The van der Waals surface area contributed by atoms with Gasteiger partial charge in [0.15, 0.2) is 0 Å². The van der Waals surface area contributed by atoms with E-state index in [-0.39, 0.29) is 18.0 Å². The van der Waals surface area contributed by atoms with Crippen LogP contribution in [0.4, 0.5) is 4.39 Å². The monoisotopic (exact) mass is 261 g/mol. The van der Waals surface area contributed by atoms with Gasteiger partial charge in [-0.2, -0.15) is 0 Å². The summed E-state index contributed by atoms with van der Waals surface area (Å²) < 4.78 is 19.5. The molecule has 0 fully saturated rings. The minimum absolute atomic E-state index is 0.190. The molecule has 3 atom stereocenters. The van der Waals surface area contributed by atoms with Gasteiger partial charge in [-0.3, -0.25) is 0 Å². The van der Waals surface area contributed by atoms with Crippen molar-refractivity contribution in [3.8, 4) is 5.75 Å². The molecule has 102 valence electrons. The van der Waals surface area contributed by atoms with Crippen LogP contribution in [0.3, 0.4) is 0 Å². The van der Waals surface area contributed by atoms with E-state index < -0.39 is 0 Å². The molecular formula is C16H20FNO. The predicted molar refractivity (Wildman–Crippen MR) is 73.7 cm³/mol. The van der Waals surface area contributed by atoms with Gasteiger partial charge in [0.1, 0.15) is 17.7 Å². The Morgan fingerprint density at radius 1 is 1.32 bits per heavy atom. The molecule has 0 bridgehead atoms. The molecule has 0 spiro atoms. The molecule has 0 saturated carbocycles. The highest BCUT2D eigenvalue weighted by atomic mass is 19.1. The summed E-state index contributed by atoms with van der Waals surface area (Å²) in [4.78, 5) is 0. The fraction of sp³-hybridized carbons (Fsp3) is 0.500. The number of benzene rings is 1. The Morgan fingerprint density at radius 2 is 2.21 bits per heavy atom. The number of ether oxygens (including phenoxy) is 1. The summed E-state index contributed by atoms with van der Waals surface area (Å²) in [5.41, 5.74) is 0.949. The number of allylic oxidation sites excluding steroid dienone is 2. The molecule has 1 N–H and O–H groups in total. The maximum Gasteiger partial charge on any atom is 0.124 e. The lowest BCUT2D eigenvalue weighted by atomic mass is 9.83. The van der Waals surface area contributed by atoms with Crippen LogP contribution in [0, 0.1) is 11.7 Å². The number of rotatable bonds is 2. The minimum Gasteiger partial charge on any atom is -0.490 e. The maximum absolute atomic E-state index is 13.4. The molecule has 0 radical (unpaired) electrons. The van der Waals surface area contributed by atoms with E-state index in [0.29, 0.717) is 5.92 Å². The summed E-state index contributed by atoms with van der Waals surface area (Å²) in [5.74, 6) is 1.23. The lowest BCUT2D eigenvalue weighted by molar-refractivity contribution is 0.0885. The first kappa shape index (κ1) is 12.7. The zero-order valence-corrected chi connectivity index (χ0v) is 11.2. The molecule has 1 aromatic carbocycles. The van der Waals surface area contributed by atoms with Gasteiger partial charge in [0.05, 0.1) is 0 Å². The van der Waals surface area contributed by atoms with Crippen molar-refractivity contribution in [2.45, 2.75) is 37.8 Å². The van der Waals surface area contributed by atoms with E-state index >= 15 is 0 Å². The average Bonchev–Trinajstić information content (AvgIpc) is 2.47. The van der Waals surface area contributed by atoms with Crippen LogP contribution >= 0.6 is 0 Å². The van der Waals surface area contributed by atoms with Gasteiger partial charge in [0, 0.05) is 18.0 Å². The molecule has 1 aliphatic carbocycles. The van der Waals surface area contributed by atoms with Gasteiger partial charge in [0.2, 0.25) is 0 Å². The zero-order valence-electron chi connectivity index (χ0n) is 11.2. The van der Waals surface area contributed by atoms with Gasteiger partial charge in [-0.15, -0.1) is 0 Å². The van der Waals surface area contributed by atoms with Crippen LogP contribution in [0.2, 0.25) is 0 Å². The molecule has 0 saturated heterocycles. The minimum atomic E-state index is -0.193. The molecule has 0 aromatic heterocycles. The second-order valence-corrected chi connectivity index (χ2v) is 5.46. The molecule has 0 amide bonds. The van der Waals surface area contributed by atoms with Crippen molar-refractivity contribution in [3.63, 3.8) is 0 Å². The van der Waals surface area contributed by atoms with Crippen LogP contribution in [-0.4, -0.2) is 13.2 Å². The Morgan fingerprint density at radius 3 is 2.95 bits per heavy atom. The molecule has 1 aromatic rings. The van der Waals surface area contributed by atoms with Crippen LogP contribution in [0.15, 0.2) is 30.4 Å². The third-order valence-corrected chi connectivity index (χ3v) is 4.28. The Hall–Kier alpha value is -1.35. The second-order valence-electron chi connectivity index (χ2n) is 5.46. The first-order valence-corrected chi connectivity index (χ1v) is 7.06. The number of fused-ring (bicyclic) bond motifs is 1. The SMILES string of the molecule is CNC1CC(C2CC=CCC2)Oc2ccc(F)cc21. The van der Waals surface area contributed by atoms with Crippen molar-refractivity contribution < 1.29 is 9.13 Å². The second kappa shape index (κ2) is 5.33. The van der Waals surface area contributed by atoms with Crippen LogP contribution in [0.5, 0.6) is 5.75 Å². The van der Waals surface area contributed by atoms with Gasteiger partial charge in [-0.05, 0) is 50.4 Å². The van der Waals surface area contributed by atoms with Crippen LogP contribution in [0.25, 0.3) is 0 Å². The van der Waals surface area contributed by atoms with Crippen LogP contribution < -0.4 is 10.1 Å². The van der Waals surface area contributed by atoms with Crippen molar-refractivity contribution in [1.82, 2.24) is 5.32 Å². The summed E-state index contributed by atoms with van der Waals surface area (Å²) in [6.45, 7) is 0. The lowest BCUT2D eigenvalue weighted by Crippen LogP contribution is -2.36. The third-order valence-electron chi connectivity index (χ3n) is 4.28. The lowest BCUT2D eigenvalue weighted by Gasteiger charge is -2.37. The molecular weight excluding hydrogens is 241 g/mol. The molecule has 1 aliphatic heterocycles. The zero-order chi connectivity index (χ0) is 13.2. The highest BCUT2D eigenvalue weighted by Gasteiger charge is 2.32. The third kappa shape index (κ3) is 2.52. The van der Waals surface area contributed by atoms with Crippen molar-refractivity contribution >= 4 is 0 Å².